The van der Waals surface area contributed by atoms with E-state index in [0.717, 1.165) is 0 Å². The van der Waals surface area contributed by atoms with Gasteiger partial charge in [0.05, 0.1) is 23.1 Å². The van der Waals surface area contributed by atoms with Crippen LogP contribution in [-0.2, 0) is 11.8 Å². The molecular formula is C19H17FN4O3. The van der Waals surface area contributed by atoms with Crippen molar-refractivity contribution in [2.75, 3.05) is 17.2 Å². The second kappa shape index (κ2) is 8.13. The molecule has 0 unspecified atom stereocenters. The summed E-state index contributed by atoms with van der Waals surface area (Å²) in [6.45, 7) is -0.370. The van der Waals surface area contributed by atoms with Gasteiger partial charge in [0.2, 0.25) is 0 Å². The van der Waals surface area contributed by atoms with Crippen LogP contribution in [0.5, 0.6) is 5.75 Å². The summed E-state index contributed by atoms with van der Waals surface area (Å²) < 4.78 is 20.6. The van der Waals surface area contributed by atoms with Crippen molar-refractivity contribution >= 4 is 23.2 Å². The highest BCUT2D eigenvalue weighted by Gasteiger charge is 2.14. The van der Waals surface area contributed by atoms with Crippen LogP contribution >= 0.6 is 0 Å². The Hall–Kier alpha value is -3.68. The summed E-state index contributed by atoms with van der Waals surface area (Å²) in [6.07, 6.45) is 3.17. The molecule has 2 N–H and O–H groups in total. The molecule has 0 aliphatic carbocycles. The average Bonchev–Trinajstić information content (AvgIpc) is 3.07. The molecule has 1 aromatic heterocycles. The predicted octanol–water partition coefficient (Wildman–Crippen LogP) is 2.83. The highest BCUT2D eigenvalue weighted by molar-refractivity contribution is 6.06. The van der Waals surface area contributed by atoms with E-state index in [1.165, 1.54) is 24.4 Å². The topological polar surface area (TPSA) is 85.2 Å². The minimum Gasteiger partial charge on any atom is -0.483 e. The SMILES string of the molecule is Cn1cc(NC(=O)c2ccccc2OCC(=O)Nc2ccccc2F)cn1. The molecule has 2 amide bonds. The lowest BCUT2D eigenvalue weighted by Gasteiger charge is -2.11. The molecule has 138 valence electrons. The first-order valence-electron chi connectivity index (χ1n) is 8.09. The van der Waals surface area contributed by atoms with Gasteiger partial charge in [-0.2, -0.15) is 5.10 Å². The third kappa shape index (κ3) is 4.69. The molecule has 0 aliphatic heterocycles. The van der Waals surface area contributed by atoms with Crippen LogP contribution in [0.3, 0.4) is 0 Å². The minimum absolute atomic E-state index is 0.0636. The first kappa shape index (κ1) is 18.1. The Morgan fingerprint density at radius 3 is 2.59 bits per heavy atom. The monoisotopic (exact) mass is 368 g/mol. The summed E-state index contributed by atoms with van der Waals surface area (Å²) in [5.41, 5.74) is 0.864. The summed E-state index contributed by atoms with van der Waals surface area (Å²) in [5, 5.41) is 9.10. The lowest BCUT2D eigenvalue weighted by Crippen LogP contribution is -2.22. The Kier molecular flexibility index (Phi) is 5.46. The van der Waals surface area contributed by atoms with Gasteiger partial charge in [-0.1, -0.05) is 24.3 Å². The van der Waals surface area contributed by atoms with Crippen LogP contribution in [0, 0.1) is 5.82 Å². The van der Waals surface area contributed by atoms with Crippen molar-refractivity contribution in [3.8, 4) is 5.75 Å². The van der Waals surface area contributed by atoms with Gasteiger partial charge in [-0.05, 0) is 24.3 Å². The second-order valence-corrected chi connectivity index (χ2v) is 5.67. The number of carbonyl (C=O) groups is 2. The fourth-order valence-electron chi connectivity index (χ4n) is 2.36. The quantitative estimate of drug-likeness (QED) is 0.701. The first-order valence-corrected chi connectivity index (χ1v) is 8.09. The molecule has 0 saturated carbocycles. The maximum Gasteiger partial charge on any atom is 0.262 e. The Balaban J connectivity index is 1.64. The van der Waals surface area contributed by atoms with Crippen LogP contribution in [-0.4, -0.2) is 28.2 Å². The van der Waals surface area contributed by atoms with Crippen LogP contribution in [0.2, 0.25) is 0 Å². The van der Waals surface area contributed by atoms with Gasteiger partial charge in [-0.15, -0.1) is 0 Å². The van der Waals surface area contributed by atoms with E-state index < -0.39 is 17.6 Å². The largest absolute Gasteiger partial charge is 0.483 e. The van der Waals surface area contributed by atoms with E-state index in [0.29, 0.717) is 5.69 Å². The lowest BCUT2D eigenvalue weighted by atomic mass is 10.2. The average molecular weight is 368 g/mol. The van der Waals surface area contributed by atoms with Crippen LogP contribution < -0.4 is 15.4 Å². The van der Waals surface area contributed by atoms with Crippen LogP contribution in [0.1, 0.15) is 10.4 Å². The van der Waals surface area contributed by atoms with Crippen molar-refractivity contribution in [3.63, 3.8) is 0 Å². The molecule has 3 aromatic rings. The number of nitrogens with one attached hydrogen (secondary N) is 2. The Bertz CT molecular complexity index is 971. The maximum atomic E-state index is 13.6. The van der Waals surface area contributed by atoms with E-state index in [1.807, 2.05) is 0 Å². The number of benzene rings is 2. The molecule has 7 nitrogen and oxygen atoms in total. The normalized spacial score (nSPS) is 10.3. The Morgan fingerprint density at radius 2 is 1.85 bits per heavy atom. The molecule has 0 bridgehead atoms. The van der Waals surface area contributed by atoms with Crippen molar-refractivity contribution in [1.82, 2.24) is 9.78 Å². The predicted molar refractivity (Wildman–Crippen MR) is 98.1 cm³/mol. The second-order valence-electron chi connectivity index (χ2n) is 5.67. The van der Waals surface area contributed by atoms with Gasteiger partial charge < -0.3 is 15.4 Å². The molecule has 0 spiro atoms. The van der Waals surface area contributed by atoms with E-state index >= 15 is 0 Å². The van der Waals surface area contributed by atoms with Crippen LogP contribution in [0.15, 0.2) is 60.9 Å². The van der Waals surface area contributed by atoms with Gasteiger partial charge in [0.1, 0.15) is 11.6 Å². The Morgan fingerprint density at radius 1 is 1.11 bits per heavy atom. The van der Waals surface area contributed by atoms with Crippen LogP contribution in [0.4, 0.5) is 15.8 Å². The maximum absolute atomic E-state index is 13.6. The molecule has 0 fully saturated rings. The number of ether oxygens (including phenoxy) is 1. The molecule has 0 saturated heterocycles. The van der Waals surface area contributed by atoms with Gasteiger partial charge in [0, 0.05) is 13.2 Å². The fourth-order valence-corrected chi connectivity index (χ4v) is 2.36. The number of aromatic nitrogens is 2. The zero-order valence-corrected chi connectivity index (χ0v) is 14.5. The van der Waals surface area contributed by atoms with Crippen molar-refractivity contribution < 1.29 is 18.7 Å². The zero-order valence-electron chi connectivity index (χ0n) is 14.5. The third-order valence-corrected chi connectivity index (χ3v) is 3.60. The zero-order chi connectivity index (χ0) is 19.2. The van der Waals surface area contributed by atoms with Gasteiger partial charge in [-0.25, -0.2) is 4.39 Å². The van der Waals surface area contributed by atoms with E-state index in [4.69, 9.17) is 4.74 Å². The minimum atomic E-state index is -0.540. The van der Waals surface area contributed by atoms with E-state index in [-0.39, 0.29) is 23.6 Å². The summed E-state index contributed by atoms with van der Waals surface area (Å²) >= 11 is 0. The lowest BCUT2D eigenvalue weighted by molar-refractivity contribution is -0.118. The Labute approximate surface area is 154 Å². The number of para-hydroxylation sites is 2. The summed E-state index contributed by atoms with van der Waals surface area (Å²) in [5.74, 6) is -1.24. The van der Waals surface area contributed by atoms with Crippen molar-refractivity contribution in [1.29, 1.82) is 0 Å². The molecule has 1 heterocycles. The number of halogens is 1. The summed E-state index contributed by atoms with van der Waals surface area (Å²) in [4.78, 5) is 24.4. The number of aryl methyl sites for hydroxylation is 1. The van der Waals surface area contributed by atoms with Gasteiger partial charge in [0.25, 0.3) is 11.8 Å². The summed E-state index contributed by atoms with van der Waals surface area (Å²) in [7, 11) is 1.74. The number of amides is 2. The van der Waals surface area contributed by atoms with E-state index in [1.54, 1.807) is 48.3 Å². The number of hydrogen-bond donors (Lipinski definition) is 2. The molecule has 0 atom stereocenters. The number of rotatable bonds is 6. The number of nitrogens with zero attached hydrogens (tertiary/aromatic N) is 2. The summed E-state index contributed by atoms with van der Waals surface area (Å²) in [6, 6.07) is 12.4. The van der Waals surface area contributed by atoms with Crippen LogP contribution in [0.25, 0.3) is 0 Å². The van der Waals surface area contributed by atoms with Crippen molar-refractivity contribution in [2.24, 2.45) is 7.05 Å². The highest BCUT2D eigenvalue weighted by atomic mass is 19.1. The number of hydrogen-bond acceptors (Lipinski definition) is 4. The van der Waals surface area contributed by atoms with Gasteiger partial charge in [0.15, 0.2) is 6.61 Å². The van der Waals surface area contributed by atoms with Gasteiger partial charge >= 0.3 is 0 Å². The highest BCUT2D eigenvalue weighted by Crippen LogP contribution is 2.20. The smallest absolute Gasteiger partial charge is 0.262 e. The molecule has 2 aromatic carbocycles. The fraction of sp³-hybridized carbons (Fsp3) is 0.105. The molecule has 0 radical (unpaired) electrons. The van der Waals surface area contributed by atoms with E-state index in [2.05, 4.69) is 15.7 Å². The molecule has 3 rings (SSSR count). The standard InChI is InChI=1S/C19H17FN4O3/c1-24-11-13(10-21-24)22-19(26)14-6-2-5-9-17(14)27-12-18(25)23-16-8-4-3-7-15(16)20/h2-11H,12H2,1H3,(H,22,26)(H,23,25). The first-order chi connectivity index (χ1) is 13.0. The number of anilines is 2. The van der Waals surface area contributed by atoms with E-state index in [9.17, 15) is 14.0 Å². The molecule has 8 heteroatoms. The van der Waals surface area contributed by atoms with Gasteiger partial charge in [-0.3, -0.25) is 14.3 Å². The third-order valence-electron chi connectivity index (χ3n) is 3.60. The van der Waals surface area contributed by atoms with Crippen molar-refractivity contribution in [2.45, 2.75) is 0 Å². The molecule has 27 heavy (non-hydrogen) atoms. The molecular weight excluding hydrogens is 351 g/mol. The van der Waals surface area contributed by atoms with Crippen molar-refractivity contribution in [3.05, 3.63) is 72.3 Å². The number of carbonyl (C=O) groups excluding carboxylic acids is 2. The molecule has 0 aliphatic rings.